The molecule has 1 rings (SSSR count). The molecular formula is C12H23ClN2O2. The fourth-order valence-electron chi connectivity index (χ4n) is 1.80. The van der Waals surface area contributed by atoms with Crippen molar-refractivity contribution >= 4 is 18.3 Å². The SMILES string of the molecule is C=CCCOC(C)C(=O)N1CCNCC1C.Cl. The van der Waals surface area contributed by atoms with E-state index in [1.54, 1.807) is 6.08 Å². The molecule has 4 nitrogen and oxygen atoms in total. The summed E-state index contributed by atoms with van der Waals surface area (Å²) in [5, 5.41) is 3.26. The molecule has 0 aromatic carbocycles. The second-order valence-electron chi connectivity index (χ2n) is 4.18. The summed E-state index contributed by atoms with van der Waals surface area (Å²) in [7, 11) is 0. The van der Waals surface area contributed by atoms with E-state index in [1.807, 2.05) is 11.8 Å². The lowest BCUT2D eigenvalue weighted by Gasteiger charge is -2.35. The third kappa shape index (κ3) is 5.06. The first kappa shape index (κ1) is 16.4. The van der Waals surface area contributed by atoms with Crippen molar-refractivity contribution in [2.75, 3.05) is 26.2 Å². The molecule has 0 aromatic heterocycles. The zero-order chi connectivity index (χ0) is 12.0. The monoisotopic (exact) mass is 262 g/mol. The minimum atomic E-state index is -0.347. The molecule has 0 saturated carbocycles. The van der Waals surface area contributed by atoms with Crippen molar-refractivity contribution in [3.8, 4) is 0 Å². The van der Waals surface area contributed by atoms with Crippen LogP contribution in [0.3, 0.4) is 0 Å². The van der Waals surface area contributed by atoms with Gasteiger partial charge in [0, 0.05) is 25.7 Å². The Morgan fingerprint density at radius 1 is 1.71 bits per heavy atom. The highest BCUT2D eigenvalue weighted by molar-refractivity contribution is 5.85. The number of carbonyl (C=O) groups excluding carboxylic acids is 1. The number of hydrogen-bond donors (Lipinski definition) is 1. The van der Waals surface area contributed by atoms with E-state index in [4.69, 9.17) is 4.74 Å². The molecule has 1 heterocycles. The lowest BCUT2D eigenvalue weighted by atomic mass is 10.2. The van der Waals surface area contributed by atoms with E-state index in [0.29, 0.717) is 6.61 Å². The molecule has 1 aliphatic heterocycles. The molecule has 2 unspecified atom stereocenters. The van der Waals surface area contributed by atoms with Gasteiger partial charge in [-0.05, 0) is 20.3 Å². The maximum Gasteiger partial charge on any atom is 0.251 e. The minimum absolute atomic E-state index is 0. The van der Waals surface area contributed by atoms with E-state index >= 15 is 0 Å². The molecule has 0 aliphatic carbocycles. The van der Waals surface area contributed by atoms with Crippen molar-refractivity contribution in [3.05, 3.63) is 12.7 Å². The van der Waals surface area contributed by atoms with Gasteiger partial charge in [0.2, 0.25) is 0 Å². The molecule has 1 saturated heterocycles. The predicted octanol–water partition coefficient (Wildman–Crippen LogP) is 1.21. The van der Waals surface area contributed by atoms with Gasteiger partial charge < -0.3 is 15.0 Å². The predicted molar refractivity (Wildman–Crippen MR) is 71.5 cm³/mol. The molecule has 17 heavy (non-hydrogen) atoms. The number of carbonyl (C=O) groups is 1. The van der Waals surface area contributed by atoms with Gasteiger partial charge in [-0.25, -0.2) is 0 Å². The Bertz CT molecular complexity index is 249. The fourth-order valence-corrected chi connectivity index (χ4v) is 1.80. The van der Waals surface area contributed by atoms with Crippen molar-refractivity contribution in [1.29, 1.82) is 0 Å². The van der Waals surface area contributed by atoms with Gasteiger partial charge in [0.25, 0.3) is 5.91 Å². The number of amides is 1. The summed E-state index contributed by atoms with van der Waals surface area (Å²) in [6, 6.07) is 0.256. The maximum absolute atomic E-state index is 12.1. The average Bonchev–Trinajstić information content (AvgIpc) is 2.29. The van der Waals surface area contributed by atoms with Gasteiger partial charge in [0.15, 0.2) is 0 Å². The highest BCUT2D eigenvalue weighted by Crippen LogP contribution is 2.07. The minimum Gasteiger partial charge on any atom is -0.368 e. The van der Waals surface area contributed by atoms with Crippen LogP contribution in [0.5, 0.6) is 0 Å². The molecule has 0 spiro atoms. The van der Waals surface area contributed by atoms with Crippen LogP contribution in [-0.4, -0.2) is 49.2 Å². The Labute approximate surface area is 110 Å². The van der Waals surface area contributed by atoms with Crippen molar-refractivity contribution in [2.24, 2.45) is 0 Å². The Morgan fingerprint density at radius 3 is 3.00 bits per heavy atom. The van der Waals surface area contributed by atoms with Crippen molar-refractivity contribution in [2.45, 2.75) is 32.4 Å². The summed E-state index contributed by atoms with van der Waals surface area (Å²) in [6.45, 7) is 10.6. The van der Waals surface area contributed by atoms with Crippen LogP contribution in [0.25, 0.3) is 0 Å². The van der Waals surface area contributed by atoms with E-state index in [0.717, 1.165) is 26.1 Å². The van der Waals surface area contributed by atoms with E-state index < -0.39 is 0 Å². The summed E-state index contributed by atoms with van der Waals surface area (Å²) < 4.78 is 5.46. The van der Waals surface area contributed by atoms with Gasteiger partial charge in [-0.1, -0.05) is 6.08 Å². The van der Waals surface area contributed by atoms with Crippen LogP contribution < -0.4 is 5.32 Å². The molecular weight excluding hydrogens is 240 g/mol. The maximum atomic E-state index is 12.1. The van der Waals surface area contributed by atoms with Crippen LogP contribution in [0.4, 0.5) is 0 Å². The van der Waals surface area contributed by atoms with Crippen LogP contribution in [0.1, 0.15) is 20.3 Å². The number of halogens is 1. The summed E-state index contributed by atoms with van der Waals surface area (Å²) in [5.41, 5.74) is 0. The highest BCUT2D eigenvalue weighted by atomic mass is 35.5. The first-order chi connectivity index (χ1) is 7.66. The summed E-state index contributed by atoms with van der Waals surface area (Å²) in [4.78, 5) is 13.9. The van der Waals surface area contributed by atoms with Crippen LogP contribution in [-0.2, 0) is 9.53 Å². The lowest BCUT2D eigenvalue weighted by molar-refractivity contribution is -0.145. The normalized spacial score (nSPS) is 21.5. The summed E-state index contributed by atoms with van der Waals surface area (Å²) in [5.74, 6) is 0.0954. The van der Waals surface area contributed by atoms with E-state index in [2.05, 4.69) is 18.8 Å². The van der Waals surface area contributed by atoms with Crippen LogP contribution in [0, 0.1) is 0 Å². The second kappa shape index (κ2) is 8.50. The molecule has 0 bridgehead atoms. The standard InChI is InChI=1S/C12H22N2O2.ClH/c1-4-5-8-16-11(3)12(15)14-7-6-13-9-10(14)2;/h4,10-11,13H,1,5-9H2,2-3H3;1H. The van der Waals surface area contributed by atoms with Crippen molar-refractivity contribution < 1.29 is 9.53 Å². The fraction of sp³-hybridized carbons (Fsp3) is 0.750. The third-order valence-electron chi connectivity index (χ3n) is 2.82. The molecule has 2 atom stereocenters. The van der Waals surface area contributed by atoms with Gasteiger partial charge in [-0.2, -0.15) is 0 Å². The van der Waals surface area contributed by atoms with Gasteiger partial charge >= 0.3 is 0 Å². The van der Waals surface area contributed by atoms with Crippen LogP contribution >= 0.6 is 12.4 Å². The summed E-state index contributed by atoms with van der Waals surface area (Å²) >= 11 is 0. The molecule has 1 N–H and O–H groups in total. The smallest absolute Gasteiger partial charge is 0.251 e. The van der Waals surface area contributed by atoms with Gasteiger partial charge in [-0.15, -0.1) is 19.0 Å². The molecule has 5 heteroatoms. The first-order valence-corrected chi connectivity index (χ1v) is 5.90. The van der Waals surface area contributed by atoms with Crippen molar-refractivity contribution in [3.63, 3.8) is 0 Å². The Morgan fingerprint density at radius 2 is 2.41 bits per heavy atom. The Hall–Kier alpha value is -0.580. The number of nitrogens with zero attached hydrogens (tertiary/aromatic N) is 1. The largest absolute Gasteiger partial charge is 0.368 e. The zero-order valence-electron chi connectivity index (χ0n) is 10.6. The van der Waals surface area contributed by atoms with E-state index in [-0.39, 0.29) is 30.5 Å². The lowest BCUT2D eigenvalue weighted by Crippen LogP contribution is -2.54. The second-order valence-corrected chi connectivity index (χ2v) is 4.18. The first-order valence-electron chi connectivity index (χ1n) is 5.90. The molecule has 1 amide bonds. The molecule has 1 fully saturated rings. The molecule has 1 aliphatic rings. The number of ether oxygens (including phenoxy) is 1. The Kier molecular flexibility index (Phi) is 8.21. The Balaban J connectivity index is 0.00000256. The average molecular weight is 263 g/mol. The number of nitrogens with one attached hydrogen (secondary N) is 1. The summed E-state index contributed by atoms with van der Waals surface area (Å²) in [6.07, 6.45) is 2.24. The number of rotatable bonds is 5. The third-order valence-corrected chi connectivity index (χ3v) is 2.82. The van der Waals surface area contributed by atoms with Crippen LogP contribution in [0.2, 0.25) is 0 Å². The van der Waals surface area contributed by atoms with Gasteiger partial charge in [0.1, 0.15) is 6.10 Å². The topological polar surface area (TPSA) is 41.6 Å². The molecule has 0 aromatic rings. The number of hydrogen-bond acceptors (Lipinski definition) is 3. The molecule has 100 valence electrons. The molecule has 0 radical (unpaired) electrons. The zero-order valence-corrected chi connectivity index (χ0v) is 11.5. The quantitative estimate of drug-likeness (QED) is 0.598. The highest BCUT2D eigenvalue weighted by Gasteiger charge is 2.26. The van der Waals surface area contributed by atoms with E-state index in [9.17, 15) is 4.79 Å². The van der Waals surface area contributed by atoms with Gasteiger partial charge in [0.05, 0.1) is 6.61 Å². The van der Waals surface area contributed by atoms with Crippen molar-refractivity contribution in [1.82, 2.24) is 10.2 Å². The van der Waals surface area contributed by atoms with Crippen LogP contribution in [0.15, 0.2) is 12.7 Å². The van der Waals surface area contributed by atoms with E-state index in [1.165, 1.54) is 0 Å². The van der Waals surface area contributed by atoms with Gasteiger partial charge in [-0.3, -0.25) is 4.79 Å². The number of piperazine rings is 1.